The monoisotopic (exact) mass is 378 g/mol. The molecule has 0 spiro atoms. The highest BCUT2D eigenvalue weighted by atomic mass is 16.6. The molecule has 0 saturated heterocycles. The van der Waals surface area contributed by atoms with Gasteiger partial charge in [-0.05, 0) is 62.6 Å². The maximum Gasteiger partial charge on any atom is 0.407 e. The molecule has 5 nitrogen and oxygen atoms in total. The Hall–Kier alpha value is -2.95. The predicted octanol–water partition coefficient (Wildman–Crippen LogP) is 4.68. The fraction of sp³-hybridized carbons (Fsp3) is 0.348. The van der Waals surface area contributed by atoms with E-state index in [1.54, 1.807) is 0 Å². The van der Waals surface area contributed by atoms with Crippen molar-refractivity contribution in [2.45, 2.75) is 32.8 Å². The summed E-state index contributed by atoms with van der Waals surface area (Å²) in [4.78, 5) is 14.3. The zero-order valence-electron chi connectivity index (χ0n) is 16.6. The van der Waals surface area contributed by atoms with Crippen LogP contribution in [0.3, 0.4) is 0 Å². The highest BCUT2D eigenvalue weighted by molar-refractivity contribution is 5.80. The van der Waals surface area contributed by atoms with E-state index in [4.69, 9.17) is 9.47 Å². The fourth-order valence-electron chi connectivity index (χ4n) is 3.66. The largest absolute Gasteiger partial charge is 0.489 e. The molecular weight excluding hydrogens is 352 g/mol. The molecule has 2 heterocycles. The second-order valence-corrected chi connectivity index (χ2v) is 8.11. The molecule has 5 heteroatoms. The Kier molecular flexibility index (Phi) is 4.75. The van der Waals surface area contributed by atoms with E-state index in [1.165, 1.54) is 11.3 Å². The van der Waals surface area contributed by atoms with Crippen molar-refractivity contribution in [1.82, 2.24) is 5.32 Å². The van der Waals surface area contributed by atoms with Gasteiger partial charge in [-0.15, -0.1) is 0 Å². The van der Waals surface area contributed by atoms with E-state index in [-0.39, 0.29) is 0 Å². The maximum absolute atomic E-state index is 12.0. The molecule has 2 aromatic rings. The molecular formula is C23H26N2O3. The number of hydrogen-bond donors (Lipinski definition) is 1. The molecule has 1 amide bonds. The number of carbonyl (C=O) groups is 1. The van der Waals surface area contributed by atoms with Gasteiger partial charge in [0.2, 0.25) is 0 Å². The van der Waals surface area contributed by atoms with Crippen LogP contribution < -0.4 is 15.0 Å². The van der Waals surface area contributed by atoms with E-state index in [0.29, 0.717) is 13.2 Å². The van der Waals surface area contributed by atoms with Crippen molar-refractivity contribution in [2.24, 2.45) is 0 Å². The van der Waals surface area contributed by atoms with Crippen molar-refractivity contribution in [3.63, 3.8) is 0 Å². The Labute approximate surface area is 165 Å². The van der Waals surface area contributed by atoms with Gasteiger partial charge in [0.1, 0.15) is 18.0 Å². The summed E-state index contributed by atoms with van der Waals surface area (Å²) in [5.74, 6) is 0.852. The minimum atomic E-state index is -0.507. The van der Waals surface area contributed by atoms with Gasteiger partial charge in [0.25, 0.3) is 0 Å². The number of benzene rings is 2. The summed E-state index contributed by atoms with van der Waals surface area (Å²) in [6.45, 7) is 7.45. The number of nitrogens with zero attached hydrogens (tertiary/aromatic N) is 1. The van der Waals surface area contributed by atoms with Gasteiger partial charge in [-0.25, -0.2) is 4.79 Å². The number of ether oxygens (including phenoxy) is 2. The third-order valence-electron chi connectivity index (χ3n) is 4.90. The maximum atomic E-state index is 12.0. The number of carbonyl (C=O) groups excluding carboxylic acids is 1. The van der Waals surface area contributed by atoms with Crippen LogP contribution in [0.15, 0.2) is 48.5 Å². The lowest BCUT2D eigenvalue weighted by Gasteiger charge is -2.24. The summed E-state index contributed by atoms with van der Waals surface area (Å²) in [6, 6.07) is 14.8. The molecule has 0 aliphatic carbocycles. The normalized spacial score (nSPS) is 15.2. The first kappa shape index (κ1) is 18.4. The van der Waals surface area contributed by atoms with Crippen molar-refractivity contribution in [3.8, 4) is 5.75 Å². The molecule has 0 fully saturated rings. The standard InChI is InChI=1S/C23H26N2O3/c1-23(2,3)28-22(26)24-15-17-11-13-27-21-14-18(8-9-19(17)21)25-12-10-16-6-4-5-7-20(16)25/h4-9,11,14H,10,12-13,15H2,1-3H3,(H,24,26). The second kappa shape index (κ2) is 7.23. The number of para-hydroxylation sites is 1. The smallest absolute Gasteiger partial charge is 0.407 e. The first-order valence-electron chi connectivity index (χ1n) is 9.69. The van der Waals surface area contributed by atoms with E-state index in [2.05, 4.69) is 52.7 Å². The summed E-state index contributed by atoms with van der Waals surface area (Å²) in [6.07, 6.45) is 2.65. The van der Waals surface area contributed by atoms with Gasteiger partial charge in [0.05, 0.1) is 0 Å². The zero-order valence-corrected chi connectivity index (χ0v) is 16.6. The molecule has 0 unspecified atom stereocenters. The Morgan fingerprint density at radius 2 is 2.04 bits per heavy atom. The number of fused-ring (bicyclic) bond motifs is 2. The fourth-order valence-corrected chi connectivity index (χ4v) is 3.66. The lowest BCUT2D eigenvalue weighted by atomic mass is 10.0. The number of alkyl carbamates (subject to hydrolysis) is 1. The van der Waals surface area contributed by atoms with E-state index in [9.17, 15) is 4.79 Å². The van der Waals surface area contributed by atoms with Gasteiger partial charge in [-0.1, -0.05) is 18.2 Å². The molecule has 0 atom stereocenters. The molecule has 0 radical (unpaired) electrons. The van der Waals surface area contributed by atoms with Crippen molar-refractivity contribution < 1.29 is 14.3 Å². The topological polar surface area (TPSA) is 50.8 Å². The van der Waals surface area contributed by atoms with Gasteiger partial charge in [0.15, 0.2) is 0 Å². The van der Waals surface area contributed by atoms with E-state index in [0.717, 1.165) is 35.5 Å². The first-order chi connectivity index (χ1) is 13.4. The number of hydrogen-bond acceptors (Lipinski definition) is 4. The number of nitrogens with one attached hydrogen (secondary N) is 1. The quantitative estimate of drug-likeness (QED) is 0.842. The van der Waals surface area contributed by atoms with Crippen LogP contribution >= 0.6 is 0 Å². The SMILES string of the molecule is CC(C)(C)OC(=O)NCC1=CCOc2cc(N3CCc4ccccc43)ccc21. The Morgan fingerprint density at radius 3 is 2.86 bits per heavy atom. The molecule has 0 aromatic heterocycles. The van der Waals surface area contributed by atoms with Gasteiger partial charge in [0, 0.05) is 36.1 Å². The van der Waals surface area contributed by atoms with Crippen LogP contribution in [0.4, 0.5) is 16.2 Å². The van der Waals surface area contributed by atoms with Crippen molar-refractivity contribution in [2.75, 3.05) is 24.6 Å². The highest BCUT2D eigenvalue weighted by Crippen LogP contribution is 2.39. The average molecular weight is 378 g/mol. The van der Waals surface area contributed by atoms with Crippen LogP contribution in [-0.4, -0.2) is 31.4 Å². The van der Waals surface area contributed by atoms with Crippen LogP contribution in [0.5, 0.6) is 5.75 Å². The van der Waals surface area contributed by atoms with Crippen LogP contribution in [-0.2, 0) is 11.2 Å². The number of anilines is 2. The van der Waals surface area contributed by atoms with Crippen LogP contribution in [0.2, 0.25) is 0 Å². The number of amides is 1. The molecule has 2 aromatic carbocycles. The molecule has 0 bridgehead atoms. The minimum Gasteiger partial charge on any atom is -0.489 e. The molecule has 146 valence electrons. The molecule has 4 rings (SSSR count). The lowest BCUT2D eigenvalue weighted by Crippen LogP contribution is -2.33. The van der Waals surface area contributed by atoms with Gasteiger partial charge in [-0.2, -0.15) is 0 Å². The summed E-state index contributed by atoms with van der Waals surface area (Å²) in [7, 11) is 0. The number of rotatable bonds is 3. The second-order valence-electron chi connectivity index (χ2n) is 8.11. The predicted molar refractivity (Wildman–Crippen MR) is 111 cm³/mol. The van der Waals surface area contributed by atoms with Crippen LogP contribution in [0.25, 0.3) is 5.57 Å². The molecule has 28 heavy (non-hydrogen) atoms. The minimum absolute atomic E-state index is 0.410. The molecule has 0 saturated carbocycles. The Bertz CT molecular complexity index is 928. The summed E-state index contributed by atoms with van der Waals surface area (Å²) >= 11 is 0. The van der Waals surface area contributed by atoms with Gasteiger partial charge < -0.3 is 19.7 Å². The van der Waals surface area contributed by atoms with Crippen molar-refractivity contribution >= 4 is 23.0 Å². The summed E-state index contributed by atoms with van der Waals surface area (Å²) in [5.41, 5.74) is 5.32. The van der Waals surface area contributed by atoms with E-state index >= 15 is 0 Å². The van der Waals surface area contributed by atoms with Crippen molar-refractivity contribution in [3.05, 3.63) is 59.7 Å². The molecule has 2 aliphatic rings. The molecule has 2 aliphatic heterocycles. The first-order valence-corrected chi connectivity index (χ1v) is 9.69. The van der Waals surface area contributed by atoms with Gasteiger partial charge >= 0.3 is 6.09 Å². The summed E-state index contributed by atoms with van der Waals surface area (Å²) in [5, 5.41) is 2.84. The summed E-state index contributed by atoms with van der Waals surface area (Å²) < 4.78 is 11.2. The Morgan fingerprint density at radius 1 is 1.21 bits per heavy atom. The van der Waals surface area contributed by atoms with E-state index in [1.807, 2.05) is 26.8 Å². The van der Waals surface area contributed by atoms with Crippen LogP contribution in [0, 0.1) is 0 Å². The lowest BCUT2D eigenvalue weighted by molar-refractivity contribution is 0.0535. The van der Waals surface area contributed by atoms with Gasteiger partial charge in [-0.3, -0.25) is 0 Å². The van der Waals surface area contributed by atoms with Crippen molar-refractivity contribution in [1.29, 1.82) is 0 Å². The third kappa shape index (κ3) is 3.84. The average Bonchev–Trinajstić information content (AvgIpc) is 3.08. The highest BCUT2D eigenvalue weighted by Gasteiger charge is 2.23. The third-order valence-corrected chi connectivity index (χ3v) is 4.90. The Balaban J connectivity index is 1.50. The zero-order chi connectivity index (χ0) is 19.7. The van der Waals surface area contributed by atoms with E-state index < -0.39 is 11.7 Å². The van der Waals surface area contributed by atoms with Crippen LogP contribution in [0.1, 0.15) is 31.9 Å². The molecule has 1 N–H and O–H groups in total.